The van der Waals surface area contributed by atoms with Gasteiger partial charge in [0.05, 0.1) is 11.6 Å². The Morgan fingerprint density at radius 2 is 2.15 bits per heavy atom. The van der Waals surface area contributed by atoms with E-state index in [0.717, 1.165) is 10.7 Å². The predicted octanol–water partition coefficient (Wildman–Crippen LogP) is 2.75. The van der Waals surface area contributed by atoms with Crippen molar-refractivity contribution in [2.75, 3.05) is 0 Å². The molecule has 5 nitrogen and oxygen atoms in total. The van der Waals surface area contributed by atoms with Crippen molar-refractivity contribution in [2.24, 2.45) is 0 Å². The number of halogens is 4. The molecule has 0 radical (unpaired) electrons. The molecule has 1 aromatic carbocycles. The summed E-state index contributed by atoms with van der Waals surface area (Å²) >= 11 is 5.50. The lowest BCUT2D eigenvalue weighted by Crippen LogP contribution is -2.10. The average Bonchev–Trinajstić information content (AvgIpc) is 2.78. The van der Waals surface area contributed by atoms with E-state index < -0.39 is 29.6 Å². The quantitative estimate of drug-likeness (QED) is 0.943. The zero-order valence-corrected chi connectivity index (χ0v) is 10.5. The molecule has 0 bridgehead atoms. The maximum atomic E-state index is 13.3. The Morgan fingerprint density at radius 3 is 2.70 bits per heavy atom. The normalized spacial score (nSPS) is 11.1. The molecule has 2 aromatic rings. The van der Waals surface area contributed by atoms with Gasteiger partial charge in [0.15, 0.2) is 5.69 Å². The molecule has 1 aromatic heterocycles. The highest BCUT2D eigenvalue weighted by molar-refractivity contribution is 6.30. The maximum Gasteiger partial charge on any atom is 0.358 e. The minimum Gasteiger partial charge on any atom is -0.476 e. The Morgan fingerprint density at radius 1 is 1.45 bits per heavy atom. The molecule has 0 amide bonds. The lowest BCUT2D eigenvalue weighted by Gasteiger charge is -2.06. The largest absolute Gasteiger partial charge is 0.476 e. The summed E-state index contributed by atoms with van der Waals surface area (Å²) < 4.78 is 39.7. The number of hydrogen-bond donors (Lipinski definition) is 1. The summed E-state index contributed by atoms with van der Waals surface area (Å²) in [6.45, 7) is -0.242. The summed E-state index contributed by atoms with van der Waals surface area (Å²) in [5, 5.41) is 15.2. The van der Waals surface area contributed by atoms with Crippen LogP contribution in [0.1, 0.15) is 28.2 Å². The fraction of sp³-hybridized carbons (Fsp3) is 0.182. The van der Waals surface area contributed by atoms with Crippen molar-refractivity contribution in [2.45, 2.75) is 13.0 Å². The summed E-state index contributed by atoms with van der Waals surface area (Å²) in [6, 6.07) is 3.74. The van der Waals surface area contributed by atoms with Crippen LogP contribution in [0.25, 0.3) is 0 Å². The third-order valence-corrected chi connectivity index (χ3v) is 2.81. The van der Waals surface area contributed by atoms with Crippen LogP contribution >= 0.6 is 11.6 Å². The van der Waals surface area contributed by atoms with Crippen LogP contribution in [0.15, 0.2) is 18.2 Å². The van der Waals surface area contributed by atoms with Crippen LogP contribution in [0, 0.1) is 5.82 Å². The standard InChI is InChI=1S/C11H7ClF3N3O2/c12-6-2-1-5(3-7(6)13)4-18-9(10(14)15)8(11(19)20)16-17-18/h1-3,10H,4H2,(H,19,20). The van der Waals surface area contributed by atoms with Gasteiger partial charge in [-0.15, -0.1) is 5.10 Å². The van der Waals surface area contributed by atoms with Crippen molar-refractivity contribution in [3.8, 4) is 0 Å². The molecule has 0 aliphatic rings. The number of aromatic carboxylic acids is 1. The smallest absolute Gasteiger partial charge is 0.358 e. The number of carboxylic acids is 1. The molecular weight excluding hydrogens is 299 g/mol. The maximum absolute atomic E-state index is 13.3. The minimum atomic E-state index is -3.06. The Balaban J connectivity index is 2.38. The highest BCUT2D eigenvalue weighted by Crippen LogP contribution is 2.23. The zero-order valence-electron chi connectivity index (χ0n) is 9.73. The van der Waals surface area contributed by atoms with E-state index in [9.17, 15) is 18.0 Å². The Hall–Kier alpha value is -2.09. The second kappa shape index (κ2) is 5.49. The van der Waals surface area contributed by atoms with Gasteiger partial charge < -0.3 is 5.11 Å². The molecular formula is C11H7ClF3N3O2. The second-order valence-electron chi connectivity index (χ2n) is 3.84. The van der Waals surface area contributed by atoms with Gasteiger partial charge in [-0.25, -0.2) is 22.6 Å². The first-order valence-electron chi connectivity index (χ1n) is 5.29. The van der Waals surface area contributed by atoms with Crippen LogP contribution in [0.3, 0.4) is 0 Å². The Labute approximate surface area is 115 Å². The van der Waals surface area contributed by atoms with E-state index >= 15 is 0 Å². The molecule has 0 fully saturated rings. The third kappa shape index (κ3) is 2.74. The molecule has 1 heterocycles. The van der Waals surface area contributed by atoms with Gasteiger partial charge in [-0.2, -0.15) is 0 Å². The highest BCUT2D eigenvalue weighted by atomic mass is 35.5. The Kier molecular flexibility index (Phi) is 3.93. The topological polar surface area (TPSA) is 68.0 Å². The zero-order chi connectivity index (χ0) is 14.9. The van der Waals surface area contributed by atoms with Gasteiger partial charge in [0.25, 0.3) is 6.43 Å². The molecule has 0 aliphatic heterocycles. The van der Waals surface area contributed by atoms with Gasteiger partial charge in [-0.3, -0.25) is 0 Å². The molecule has 0 unspecified atom stereocenters. The first kappa shape index (κ1) is 14.3. The molecule has 0 spiro atoms. The van der Waals surface area contributed by atoms with E-state index in [1.807, 2.05) is 0 Å². The molecule has 0 atom stereocenters. The molecule has 9 heteroatoms. The first-order valence-corrected chi connectivity index (χ1v) is 5.66. The number of rotatable bonds is 4. The lowest BCUT2D eigenvalue weighted by molar-refractivity contribution is 0.0675. The van der Waals surface area contributed by atoms with Crippen LogP contribution in [-0.2, 0) is 6.54 Å². The summed E-state index contributed by atoms with van der Waals surface area (Å²) in [5.74, 6) is -2.31. The van der Waals surface area contributed by atoms with E-state index in [-0.39, 0.29) is 11.6 Å². The van der Waals surface area contributed by atoms with E-state index in [0.29, 0.717) is 5.56 Å². The monoisotopic (exact) mass is 305 g/mol. The molecule has 1 N–H and O–H groups in total. The number of aromatic nitrogens is 3. The number of carbonyl (C=O) groups is 1. The van der Waals surface area contributed by atoms with E-state index in [1.54, 1.807) is 0 Å². The Bertz CT molecular complexity index is 660. The van der Waals surface area contributed by atoms with Crippen molar-refractivity contribution >= 4 is 17.6 Å². The number of alkyl halides is 2. The van der Waals surface area contributed by atoms with Crippen molar-refractivity contribution in [3.63, 3.8) is 0 Å². The summed E-state index contributed by atoms with van der Waals surface area (Å²) in [5.41, 5.74) is -1.35. The number of hydrogen-bond acceptors (Lipinski definition) is 3. The van der Waals surface area contributed by atoms with E-state index in [2.05, 4.69) is 10.3 Å². The molecule has 106 valence electrons. The second-order valence-corrected chi connectivity index (χ2v) is 4.24. The first-order chi connectivity index (χ1) is 9.40. The van der Waals surface area contributed by atoms with Gasteiger partial charge in [0, 0.05) is 0 Å². The van der Waals surface area contributed by atoms with Gasteiger partial charge in [0.2, 0.25) is 0 Å². The number of benzene rings is 1. The molecule has 0 saturated carbocycles. The van der Waals surface area contributed by atoms with Crippen molar-refractivity contribution in [1.29, 1.82) is 0 Å². The summed E-state index contributed by atoms with van der Waals surface area (Å²) in [6.07, 6.45) is -3.06. The van der Waals surface area contributed by atoms with Crippen LogP contribution in [0.5, 0.6) is 0 Å². The van der Waals surface area contributed by atoms with Crippen LogP contribution in [-0.4, -0.2) is 26.1 Å². The molecule has 0 saturated heterocycles. The van der Waals surface area contributed by atoms with Crippen LogP contribution in [0.4, 0.5) is 13.2 Å². The SMILES string of the molecule is O=C(O)c1nnn(Cc2ccc(Cl)c(F)c2)c1C(F)F. The fourth-order valence-corrected chi connectivity index (χ4v) is 1.73. The van der Waals surface area contributed by atoms with E-state index in [4.69, 9.17) is 16.7 Å². The third-order valence-electron chi connectivity index (χ3n) is 2.50. The molecule has 2 rings (SSSR count). The van der Waals surface area contributed by atoms with Crippen LogP contribution < -0.4 is 0 Å². The van der Waals surface area contributed by atoms with Crippen molar-refractivity contribution in [3.05, 3.63) is 46.0 Å². The lowest BCUT2D eigenvalue weighted by atomic mass is 10.2. The average molecular weight is 306 g/mol. The van der Waals surface area contributed by atoms with Gasteiger partial charge >= 0.3 is 5.97 Å². The van der Waals surface area contributed by atoms with Gasteiger partial charge in [0.1, 0.15) is 11.5 Å². The van der Waals surface area contributed by atoms with Gasteiger partial charge in [-0.1, -0.05) is 22.9 Å². The minimum absolute atomic E-state index is 0.104. The van der Waals surface area contributed by atoms with Crippen LogP contribution in [0.2, 0.25) is 5.02 Å². The molecule has 20 heavy (non-hydrogen) atoms. The summed E-state index contributed by atoms with van der Waals surface area (Å²) in [7, 11) is 0. The van der Waals surface area contributed by atoms with Crippen molar-refractivity contribution in [1.82, 2.24) is 15.0 Å². The predicted molar refractivity (Wildman–Crippen MR) is 62.5 cm³/mol. The summed E-state index contributed by atoms with van der Waals surface area (Å²) in [4.78, 5) is 10.8. The van der Waals surface area contributed by atoms with Gasteiger partial charge in [-0.05, 0) is 17.7 Å². The van der Waals surface area contributed by atoms with E-state index in [1.165, 1.54) is 12.1 Å². The van der Waals surface area contributed by atoms with Crippen molar-refractivity contribution < 1.29 is 23.1 Å². The molecule has 0 aliphatic carbocycles. The fourth-order valence-electron chi connectivity index (χ4n) is 1.62. The number of carboxylic acid groups (broad SMARTS) is 1. The highest BCUT2D eigenvalue weighted by Gasteiger charge is 2.26. The number of nitrogens with zero attached hydrogens (tertiary/aromatic N) is 3.